The van der Waals surface area contributed by atoms with Gasteiger partial charge in [0.15, 0.2) is 12.9 Å². The molecule has 0 spiro atoms. The highest BCUT2D eigenvalue weighted by molar-refractivity contribution is 6.31. The number of hydrogen-bond acceptors (Lipinski definition) is 5. The normalized spacial score (nSPS) is 19.5. The lowest BCUT2D eigenvalue weighted by Crippen LogP contribution is -2.45. The number of amides is 1. The summed E-state index contributed by atoms with van der Waals surface area (Å²) in [5.41, 5.74) is 0.641. The van der Waals surface area contributed by atoms with Gasteiger partial charge in [-0.1, -0.05) is 11.6 Å². The summed E-state index contributed by atoms with van der Waals surface area (Å²) in [5.74, 6) is -0.267. The van der Waals surface area contributed by atoms with Crippen LogP contribution in [0.1, 0.15) is 18.4 Å². The number of halogens is 4. The summed E-state index contributed by atoms with van der Waals surface area (Å²) in [5, 5.41) is 2.83. The Morgan fingerprint density at radius 3 is 2.85 bits per heavy atom. The van der Waals surface area contributed by atoms with Crippen LogP contribution in [0.5, 0.6) is 5.88 Å². The highest BCUT2D eigenvalue weighted by atomic mass is 35.5. The van der Waals surface area contributed by atoms with Crippen molar-refractivity contribution in [2.45, 2.75) is 31.9 Å². The van der Waals surface area contributed by atoms with Crippen molar-refractivity contribution in [3.8, 4) is 5.88 Å². The molecular weight excluding hydrogens is 373 g/mol. The van der Waals surface area contributed by atoms with Crippen molar-refractivity contribution in [1.82, 2.24) is 15.2 Å². The van der Waals surface area contributed by atoms with E-state index in [9.17, 15) is 18.0 Å². The van der Waals surface area contributed by atoms with E-state index in [4.69, 9.17) is 11.6 Å². The van der Waals surface area contributed by atoms with E-state index in [2.05, 4.69) is 20.0 Å². The zero-order valence-electron chi connectivity index (χ0n) is 13.5. The molecule has 1 unspecified atom stereocenters. The molecule has 0 bridgehead atoms. The number of allylic oxidation sites excluding steroid dienone is 1. The molecule has 2 heterocycles. The van der Waals surface area contributed by atoms with Crippen molar-refractivity contribution in [1.29, 1.82) is 0 Å². The fourth-order valence-corrected chi connectivity index (χ4v) is 2.56. The van der Waals surface area contributed by atoms with Crippen LogP contribution in [0.3, 0.4) is 0 Å². The van der Waals surface area contributed by atoms with Crippen LogP contribution in [-0.2, 0) is 11.3 Å². The van der Waals surface area contributed by atoms with Crippen molar-refractivity contribution < 1.29 is 22.7 Å². The summed E-state index contributed by atoms with van der Waals surface area (Å²) in [6.07, 6.45) is 3.20. The number of carbonyl (C=O) groups is 1. The molecule has 1 aromatic rings. The number of rotatable bonds is 6. The molecule has 0 saturated heterocycles. The van der Waals surface area contributed by atoms with Crippen molar-refractivity contribution in [3.05, 3.63) is 35.1 Å². The molecule has 6 nitrogen and oxygen atoms in total. The van der Waals surface area contributed by atoms with Gasteiger partial charge in [0.2, 0.25) is 11.8 Å². The smallest absolute Gasteiger partial charge is 0.422 e. The third-order valence-corrected chi connectivity index (χ3v) is 4.00. The van der Waals surface area contributed by atoms with Crippen molar-refractivity contribution >= 4 is 23.7 Å². The van der Waals surface area contributed by atoms with Crippen LogP contribution in [0, 0.1) is 5.92 Å². The van der Waals surface area contributed by atoms with Gasteiger partial charge in [0, 0.05) is 31.1 Å². The number of pyridine rings is 1. The van der Waals surface area contributed by atoms with Gasteiger partial charge in [0.05, 0.1) is 0 Å². The van der Waals surface area contributed by atoms with Crippen molar-refractivity contribution in [2.24, 2.45) is 10.9 Å². The molecule has 1 aromatic heterocycles. The van der Waals surface area contributed by atoms with Crippen LogP contribution in [0.2, 0.25) is 5.02 Å². The average Bonchev–Trinajstić information content (AvgIpc) is 3.40. The van der Waals surface area contributed by atoms with E-state index in [1.807, 2.05) is 0 Å². The lowest BCUT2D eigenvalue weighted by Gasteiger charge is -2.30. The van der Waals surface area contributed by atoms with E-state index in [1.165, 1.54) is 12.3 Å². The maximum absolute atomic E-state index is 12.2. The average molecular weight is 389 g/mol. The van der Waals surface area contributed by atoms with E-state index < -0.39 is 19.1 Å². The number of carbonyl (C=O) groups excluding carboxylic acids is 1. The molecule has 0 radical (unpaired) electrons. The van der Waals surface area contributed by atoms with Gasteiger partial charge >= 0.3 is 6.18 Å². The van der Waals surface area contributed by atoms with Gasteiger partial charge in [-0.2, -0.15) is 13.2 Å². The van der Waals surface area contributed by atoms with E-state index in [1.54, 1.807) is 23.4 Å². The molecule has 10 heteroatoms. The van der Waals surface area contributed by atoms with Crippen LogP contribution in [0.4, 0.5) is 13.2 Å². The first-order chi connectivity index (χ1) is 12.3. The molecule has 26 heavy (non-hydrogen) atoms. The summed E-state index contributed by atoms with van der Waals surface area (Å²) < 4.78 is 41.2. The maximum atomic E-state index is 12.2. The first kappa shape index (κ1) is 18.5. The second-order valence-electron chi connectivity index (χ2n) is 6.00. The Labute approximate surface area is 152 Å². The molecule has 1 fully saturated rings. The fraction of sp³-hybridized carbons (Fsp3) is 0.438. The fourth-order valence-electron chi connectivity index (χ4n) is 2.32. The van der Waals surface area contributed by atoms with E-state index in [0.717, 1.165) is 12.8 Å². The van der Waals surface area contributed by atoms with Gasteiger partial charge < -0.3 is 15.0 Å². The predicted molar refractivity (Wildman–Crippen MR) is 88.6 cm³/mol. The van der Waals surface area contributed by atoms with Gasteiger partial charge in [-0.15, -0.1) is 0 Å². The zero-order chi connectivity index (χ0) is 18.7. The molecular formula is C16H16ClF3N4O2. The Balaban J connectivity index is 1.63. The first-order valence-electron chi connectivity index (χ1n) is 7.92. The highest BCUT2D eigenvalue weighted by Gasteiger charge is 2.32. The minimum Gasteiger partial charge on any atom is -0.467 e. The Kier molecular flexibility index (Phi) is 5.36. The lowest BCUT2D eigenvalue weighted by molar-refractivity contribution is -0.154. The molecule has 1 amide bonds. The number of alkyl halides is 3. The second-order valence-corrected chi connectivity index (χ2v) is 6.41. The second kappa shape index (κ2) is 7.53. The number of aromatic nitrogens is 1. The van der Waals surface area contributed by atoms with Crippen LogP contribution in [0.25, 0.3) is 0 Å². The van der Waals surface area contributed by atoms with Crippen LogP contribution in [0.15, 0.2) is 29.5 Å². The van der Waals surface area contributed by atoms with E-state index >= 15 is 0 Å². The Hall–Kier alpha value is -2.29. The molecule has 2 aliphatic rings. The van der Waals surface area contributed by atoms with Gasteiger partial charge in [0.1, 0.15) is 5.02 Å². The number of ether oxygens (including phenoxy) is 1. The highest BCUT2D eigenvalue weighted by Crippen LogP contribution is 2.29. The molecule has 1 aliphatic carbocycles. The molecule has 1 saturated carbocycles. The van der Waals surface area contributed by atoms with Gasteiger partial charge in [0.25, 0.3) is 0 Å². The molecule has 0 aromatic carbocycles. The quantitative estimate of drug-likeness (QED) is 0.813. The summed E-state index contributed by atoms with van der Waals surface area (Å²) in [4.78, 5) is 21.8. The van der Waals surface area contributed by atoms with Crippen LogP contribution in [-0.4, -0.2) is 41.1 Å². The first-order valence-corrected chi connectivity index (χ1v) is 8.30. The number of nitrogens with zero attached hydrogens (tertiary/aromatic N) is 3. The third kappa shape index (κ3) is 5.10. The van der Waals surface area contributed by atoms with Gasteiger partial charge in [-0.05, 0) is 30.5 Å². The van der Waals surface area contributed by atoms with E-state index in [0.29, 0.717) is 12.1 Å². The Bertz CT molecular complexity index is 735. The van der Waals surface area contributed by atoms with Crippen molar-refractivity contribution in [2.75, 3.05) is 6.61 Å². The molecule has 1 atom stereocenters. The number of hydrogen-bond donors (Lipinski definition) is 1. The summed E-state index contributed by atoms with van der Waals surface area (Å²) in [6.45, 7) is -1.15. The monoisotopic (exact) mass is 388 g/mol. The van der Waals surface area contributed by atoms with Crippen LogP contribution < -0.4 is 10.1 Å². The minimum atomic E-state index is -4.47. The standard InChI is InChI=1S/C16H16ClF3N4O2/c17-12-6-10(7-22-14(12)26-9-16(18,19)20)8-24-5-1-4-21-15(24)23-13(25)11-2-3-11/h1,4-7,11,15H,2-3,8-9H2,(H,23,25). The number of aliphatic imine (C=N–C) groups is 1. The Morgan fingerprint density at radius 2 is 2.19 bits per heavy atom. The molecule has 140 valence electrons. The lowest BCUT2D eigenvalue weighted by atomic mass is 10.2. The Morgan fingerprint density at radius 1 is 1.42 bits per heavy atom. The summed E-state index contributed by atoms with van der Waals surface area (Å²) >= 11 is 5.96. The SMILES string of the molecule is O=C(NC1N=CC=CN1Cc1cnc(OCC(F)(F)F)c(Cl)c1)C1CC1. The van der Waals surface area contributed by atoms with E-state index in [-0.39, 0.29) is 22.7 Å². The maximum Gasteiger partial charge on any atom is 0.422 e. The summed E-state index contributed by atoms with van der Waals surface area (Å²) in [6, 6.07) is 1.48. The van der Waals surface area contributed by atoms with Gasteiger partial charge in [-0.25, -0.2) is 9.98 Å². The minimum absolute atomic E-state index is 0.0187. The third-order valence-electron chi connectivity index (χ3n) is 3.73. The topological polar surface area (TPSA) is 66.8 Å². The number of nitrogens with one attached hydrogen (secondary N) is 1. The predicted octanol–water partition coefficient (Wildman–Crippen LogP) is 2.89. The van der Waals surface area contributed by atoms with Gasteiger partial charge in [-0.3, -0.25) is 4.79 Å². The van der Waals surface area contributed by atoms with Crippen LogP contribution >= 0.6 is 11.6 Å². The zero-order valence-corrected chi connectivity index (χ0v) is 14.3. The molecule has 1 N–H and O–H groups in total. The largest absolute Gasteiger partial charge is 0.467 e. The molecule has 3 rings (SSSR count). The summed E-state index contributed by atoms with van der Waals surface area (Å²) in [7, 11) is 0. The van der Waals surface area contributed by atoms with Crippen molar-refractivity contribution in [3.63, 3.8) is 0 Å². The molecule has 1 aliphatic heterocycles.